The molecule has 1 amide bonds. The molecule has 4 N–H and O–H groups in total. The Morgan fingerprint density at radius 1 is 1.37 bits per heavy atom. The molecule has 1 heterocycles. The molecule has 19 heavy (non-hydrogen) atoms. The van der Waals surface area contributed by atoms with Crippen molar-refractivity contribution >= 4 is 34.1 Å². The Morgan fingerprint density at radius 3 is 2.74 bits per heavy atom. The summed E-state index contributed by atoms with van der Waals surface area (Å²) in [7, 11) is 0. The van der Waals surface area contributed by atoms with Crippen molar-refractivity contribution in [2.75, 3.05) is 5.73 Å². The number of aryl methyl sites for hydroxylation is 1. The van der Waals surface area contributed by atoms with E-state index in [1.807, 2.05) is 0 Å². The minimum atomic E-state index is -0.683. The molecule has 100 valence electrons. The van der Waals surface area contributed by atoms with Crippen molar-refractivity contribution in [3.63, 3.8) is 0 Å². The first-order valence-corrected chi connectivity index (χ1v) is 6.47. The fourth-order valence-electron chi connectivity index (χ4n) is 2.00. The van der Waals surface area contributed by atoms with Crippen molar-refractivity contribution in [2.24, 2.45) is 5.73 Å². The van der Waals surface area contributed by atoms with Crippen molar-refractivity contribution in [2.45, 2.75) is 26.2 Å². The highest BCUT2D eigenvalue weighted by atomic mass is 35.5. The van der Waals surface area contributed by atoms with Crippen LogP contribution in [-0.4, -0.2) is 16.1 Å². The molecule has 0 saturated heterocycles. The van der Waals surface area contributed by atoms with E-state index in [0.717, 1.165) is 24.8 Å². The van der Waals surface area contributed by atoms with Gasteiger partial charge in [0.05, 0.1) is 11.2 Å². The van der Waals surface area contributed by atoms with Crippen molar-refractivity contribution < 1.29 is 4.79 Å². The summed E-state index contributed by atoms with van der Waals surface area (Å²) in [6.07, 6.45) is 2.85. The monoisotopic (exact) mass is 278 g/mol. The number of nitrogens with zero attached hydrogens (tertiary/aromatic N) is 2. The number of amides is 1. The number of primary amides is 1. The second kappa shape index (κ2) is 5.40. The summed E-state index contributed by atoms with van der Waals surface area (Å²) in [5, 5.41) is 9.18. The van der Waals surface area contributed by atoms with Gasteiger partial charge in [0.1, 0.15) is 0 Å². The molecule has 2 aromatic rings. The summed E-state index contributed by atoms with van der Waals surface area (Å²) in [6.45, 7) is 2.10. The van der Waals surface area contributed by atoms with Gasteiger partial charge in [-0.05, 0) is 30.5 Å². The van der Waals surface area contributed by atoms with Gasteiger partial charge in [-0.15, -0.1) is 10.2 Å². The standard InChI is InChI=1S/C13H15ClN4O/c1-2-3-4-7-9(14)6-5-8-10(15)12(13(16)19)18-17-11(7)8/h5-6H,2-4H2,1H3,(H2,15,17)(H2,16,19). The van der Waals surface area contributed by atoms with Gasteiger partial charge in [-0.1, -0.05) is 24.9 Å². The van der Waals surface area contributed by atoms with Gasteiger partial charge in [0, 0.05) is 10.4 Å². The fourth-order valence-corrected chi connectivity index (χ4v) is 2.25. The Morgan fingerprint density at radius 2 is 2.11 bits per heavy atom. The van der Waals surface area contributed by atoms with Crippen LogP contribution in [0.25, 0.3) is 10.9 Å². The zero-order valence-corrected chi connectivity index (χ0v) is 11.4. The van der Waals surface area contributed by atoms with Crippen LogP contribution in [0.1, 0.15) is 35.8 Å². The van der Waals surface area contributed by atoms with E-state index in [2.05, 4.69) is 17.1 Å². The van der Waals surface area contributed by atoms with Gasteiger partial charge in [0.25, 0.3) is 5.91 Å². The van der Waals surface area contributed by atoms with Crippen molar-refractivity contribution in [1.29, 1.82) is 0 Å². The first-order chi connectivity index (χ1) is 9.06. The minimum Gasteiger partial charge on any atom is -0.396 e. The zero-order chi connectivity index (χ0) is 14.0. The molecule has 5 nitrogen and oxygen atoms in total. The molecule has 0 unspecified atom stereocenters. The van der Waals surface area contributed by atoms with Gasteiger partial charge in [0.15, 0.2) is 5.69 Å². The fraction of sp³-hybridized carbons (Fsp3) is 0.308. The number of unbranched alkanes of at least 4 members (excludes halogenated alkanes) is 1. The van der Waals surface area contributed by atoms with Gasteiger partial charge < -0.3 is 11.5 Å². The van der Waals surface area contributed by atoms with E-state index >= 15 is 0 Å². The number of nitrogens with two attached hydrogens (primary N) is 2. The highest BCUT2D eigenvalue weighted by molar-refractivity contribution is 6.32. The summed E-state index contributed by atoms with van der Waals surface area (Å²) >= 11 is 6.19. The molecule has 0 bridgehead atoms. The number of hydrogen-bond donors (Lipinski definition) is 2. The van der Waals surface area contributed by atoms with Crippen LogP contribution in [0.5, 0.6) is 0 Å². The number of anilines is 1. The Labute approximate surface area is 115 Å². The number of benzene rings is 1. The minimum absolute atomic E-state index is 0.00346. The first kappa shape index (κ1) is 13.5. The van der Waals surface area contributed by atoms with Crippen LogP contribution in [0.4, 0.5) is 5.69 Å². The molecule has 0 atom stereocenters. The third kappa shape index (κ3) is 2.46. The quantitative estimate of drug-likeness (QED) is 0.897. The van der Waals surface area contributed by atoms with E-state index in [4.69, 9.17) is 23.1 Å². The number of aromatic nitrogens is 2. The third-order valence-electron chi connectivity index (χ3n) is 3.03. The van der Waals surface area contributed by atoms with E-state index < -0.39 is 5.91 Å². The van der Waals surface area contributed by atoms with Crippen molar-refractivity contribution in [1.82, 2.24) is 10.2 Å². The lowest BCUT2D eigenvalue weighted by Gasteiger charge is -2.10. The first-order valence-electron chi connectivity index (χ1n) is 6.09. The molecule has 0 spiro atoms. The molecule has 0 aliphatic carbocycles. The van der Waals surface area contributed by atoms with Gasteiger partial charge in [0.2, 0.25) is 0 Å². The molecule has 1 aromatic carbocycles. The van der Waals surface area contributed by atoms with Crippen LogP contribution in [0.15, 0.2) is 12.1 Å². The van der Waals surface area contributed by atoms with Crippen molar-refractivity contribution in [3.8, 4) is 0 Å². The van der Waals surface area contributed by atoms with Crippen LogP contribution in [0.3, 0.4) is 0 Å². The number of hydrogen-bond acceptors (Lipinski definition) is 4. The molecule has 0 fully saturated rings. The number of fused-ring (bicyclic) bond motifs is 1. The van der Waals surface area contributed by atoms with E-state index in [1.54, 1.807) is 12.1 Å². The normalized spacial score (nSPS) is 10.8. The van der Waals surface area contributed by atoms with E-state index in [-0.39, 0.29) is 11.4 Å². The van der Waals surface area contributed by atoms with Crippen molar-refractivity contribution in [3.05, 3.63) is 28.4 Å². The lowest BCUT2D eigenvalue weighted by molar-refractivity contribution is 0.0996. The maximum Gasteiger partial charge on any atom is 0.271 e. The number of nitrogen functional groups attached to an aromatic ring is 1. The maximum atomic E-state index is 11.2. The maximum absolute atomic E-state index is 11.2. The molecule has 6 heteroatoms. The molecule has 0 aliphatic rings. The van der Waals surface area contributed by atoms with E-state index in [0.29, 0.717) is 15.9 Å². The third-order valence-corrected chi connectivity index (χ3v) is 3.39. The number of carbonyl (C=O) groups is 1. The molecule has 0 aliphatic heterocycles. The SMILES string of the molecule is CCCCc1c(Cl)ccc2c(N)c(C(N)=O)nnc12. The highest BCUT2D eigenvalue weighted by Crippen LogP contribution is 2.29. The van der Waals surface area contributed by atoms with Crippen LogP contribution >= 0.6 is 11.6 Å². The Balaban J connectivity index is 2.67. The van der Waals surface area contributed by atoms with Gasteiger partial charge in [-0.3, -0.25) is 4.79 Å². The zero-order valence-electron chi connectivity index (χ0n) is 10.6. The van der Waals surface area contributed by atoms with Gasteiger partial charge in [-0.2, -0.15) is 0 Å². The predicted octanol–water partition coefficient (Wildman–Crippen LogP) is 2.31. The summed E-state index contributed by atoms with van der Waals surface area (Å²) in [4.78, 5) is 11.2. The average Bonchev–Trinajstić information content (AvgIpc) is 2.37. The molecule has 0 radical (unpaired) electrons. The predicted molar refractivity (Wildman–Crippen MR) is 76.1 cm³/mol. The average molecular weight is 279 g/mol. The molecule has 2 rings (SSSR count). The highest BCUT2D eigenvalue weighted by Gasteiger charge is 2.15. The Bertz CT molecular complexity index is 642. The summed E-state index contributed by atoms with van der Waals surface area (Å²) in [5.74, 6) is -0.683. The lowest BCUT2D eigenvalue weighted by atomic mass is 10.0. The Kier molecular flexibility index (Phi) is 3.85. The number of rotatable bonds is 4. The molecular formula is C13H15ClN4O. The van der Waals surface area contributed by atoms with Crippen LogP contribution in [0.2, 0.25) is 5.02 Å². The summed E-state index contributed by atoms with van der Waals surface area (Å²) in [6, 6.07) is 3.50. The second-order valence-corrected chi connectivity index (χ2v) is 4.76. The van der Waals surface area contributed by atoms with Crippen LogP contribution in [-0.2, 0) is 6.42 Å². The van der Waals surface area contributed by atoms with Gasteiger partial charge >= 0.3 is 0 Å². The second-order valence-electron chi connectivity index (χ2n) is 4.35. The summed E-state index contributed by atoms with van der Waals surface area (Å²) < 4.78 is 0. The van der Waals surface area contributed by atoms with E-state index in [1.165, 1.54) is 0 Å². The molecule has 1 aromatic heterocycles. The van der Waals surface area contributed by atoms with Crippen LogP contribution in [0, 0.1) is 0 Å². The molecular weight excluding hydrogens is 264 g/mol. The van der Waals surface area contributed by atoms with Crippen LogP contribution < -0.4 is 11.5 Å². The molecule has 0 saturated carbocycles. The smallest absolute Gasteiger partial charge is 0.271 e. The lowest BCUT2D eigenvalue weighted by Crippen LogP contribution is -2.17. The number of halogens is 1. The largest absolute Gasteiger partial charge is 0.396 e. The Hall–Kier alpha value is -1.88. The topological polar surface area (TPSA) is 94.9 Å². The van der Waals surface area contributed by atoms with Gasteiger partial charge in [-0.25, -0.2) is 0 Å². The summed E-state index contributed by atoms with van der Waals surface area (Å²) in [5.41, 5.74) is 12.9. The van der Waals surface area contributed by atoms with E-state index in [9.17, 15) is 4.79 Å². The number of carbonyl (C=O) groups excluding carboxylic acids is 1.